The smallest absolute Gasteiger partial charge is 0.254 e. The number of fused-ring (bicyclic) bond motifs is 1. The summed E-state index contributed by atoms with van der Waals surface area (Å²) in [6.07, 6.45) is 0.113. The first-order chi connectivity index (χ1) is 9.65. The fourth-order valence-corrected chi connectivity index (χ4v) is 3.08. The van der Waals surface area contributed by atoms with Gasteiger partial charge in [0.2, 0.25) is 0 Å². The van der Waals surface area contributed by atoms with Gasteiger partial charge in [0.25, 0.3) is 5.91 Å². The van der Waals surface area contributed by atoms with Crippen molar-refractivity contribution in [1.29, 1.82) is 0 Å². The van der Waals surface area contributed by atoms with Crippen molar-refractivity contribution in [2.24, 2.45) is 0 Å². The number of hydrogen-bond donors (Lipinski definition) is 0. The van der Waals surface area contributed by atoms with Crippen molar-refractivity contribution >= 4 is 32.6 Å². The van der Waals surface area contributed by atoms with E-state index >= 15 is 0 Å². The average molecular weight is 334 g/mol. The van der Waals surface area contributed by atoms with Crippen LogP contribution in [-0.2, 0) is 4.74 Å². The Bertz CT molecular complexity index is 656. The fraction of sp³-hybridized carbons (Fsp3) is 0.312. The van der Waals surface area contributed by atoms with Crippen LogP contribution in [0, 0.1) is 0 Å². The molecule has 1 aliphatic rings. The first-order valence-electron chi connectivity index (χ1n) is 6.74. The van der Waals surface area contributed by atoms with Crippen molar-refractivity contribution in [3.05, 3.63) is 46.4 Å². The topological polar surface area (TPSA) is 29.5 Å². The second kappa shape index (κ2) is 5.54. The molecule has 1 amide bonds. The van der Waals surface area contributed by atoms with Gasteiger partial charge >= 0.3 is 0 Å². The van der Waals surface area contributed by atoms with Crippen LogP contribution in [0.5, 0.6) is 0 Å². The molecule has 1 heterocycles. The van der Waals surface area contributed by atoms with Gasteiger partial charge in [0.15, 0.2) is 0 Å². The van der Waals surface area contributed by atoms with Crippen LogP contribution in [-0.4, -0.2) is 36.6 Å². The molecule has 20 heavy (non-hydrogen) atoms. The predicted octanol–water partition coefficient (Wildman–Crippen LogP) is 3.46. The molecule has 2 aromatic carbocycles. The van der Waals surface area contributed by atoms with E-state index in [1.165, 1.54) is 0 Å². The van der Waals surface area contributed by atoms with Gasteiger partial charge in [0.1, 0.15) is 0 Å². The van der Waals surface area contributed by atoms with Crippen LogP contribution < -0.4 is 0 Å². The van der Waals surface area contributed by atoms with Crippen LogP contribution in [0.4, 0.5) is 0 Å². The van der Waals surface area contributed by atoms with E-state index < -0.39 is 0 Å². The first kappa shape index (κ1) is 13.6. The molecular weight excluding hydrogens is 318 g/mol. The molecule has 1 atom stereocenters. The summed E-state index contributed by atoms with van der Waals surface area (Å²) < 4.78 is 6.53. The monoisotopic (exact) mass is 333 g/mol. The Balaban J connectivity index is 1.92. The van der Waals surface area contributed by atoms with E-state index in [1.54, 1.807) is 0 Å². The van der Waals surface area contributed by atoms with Gasteiger partial charge in [0, 0.05) is 23.1 Å². The standard InChI is InChI=1S/C16H16BrNO2/c1-11-10-18(7-8-20-11)16(19)13-5-6-14-12(9-13)3-2-4-15(14)17/h2-6,9,11H,7-8,10H2,1H3. The van der Waals surface area contributed by atoms with Gasteiger partial charge < -0.3 is 9.64 Å². The van der Waals surface area contributed by atoms with Gasteiger partial charge in [0.05, 0.1) is 12.7 Å². The van der Waals surface area contributed by atoms with E-state index in [0.29, 0.717) is 19.7 Å². The zero-order valence-electron chi connectivity index (χ0n) is 11.3. The summed E-state index contributed by atoms with van der Waals surface area (Å²) in [7, 11) is 0. The second-order valence-electron chi connectivity index (χ2n) is 5.11. The Kier molecular flexibility index (Phi) is 3.76. The highest BCUT2D eigenvalue weighted by atomic mass is 79.9. The predicted molar refractivity (Wildman–Crippen MR) is 83.0 cm³/mol. The number of halogens is 1. The molecule has 0 N–H and O–H groups in total. The highest BCUT2D eigenvalue weighted by Gasteiger charge is 2.22. The zero-order valence-corrected chi connectivity index (χ0v) is 12.9. The summed E-state index contributed by atoms with van der Waals surface area (Å²) in [5, 5.41) is 2.20. The molecule has 0 bridgehead atoms. The number of carbonyl (C=O) groups excluding carboxylic acids is 1. The lowest BCUT2D eigenvalue weighted by Crippen LogP contribution is -2.44. The molecule has 0 saturated carbocycles. The SMILES string of the molecule is CC1CN(C(=O)c2ccc3c(Br)cccc3c2)CCO1. The van der Waals surface area contributed by atoms with E-state index in [4.69, 9.17) is 4.74 Å². The third-order valence-corrected chi connectivity index (χ3v) is 4.29. The minimum atomic E-state index is 0.0852. The van der Waals surface area contributed by atoms with Crippen LogP contribution in [0.1, 0.15) is 17.3 Å². The van der Waals surface area contributed by atoms with E-state index in [2.05, 4.69) is 15.9 Å². The molecule has 1 unspecified atom stereocenters. The lowest BCUT2D eigenvalue weighted by Gasteiger charge is -2.31. The summed E-state index contributed by atoms with van der Waals surface area (Å²) in [6.45, 7) is 3.94. The number of rotatable bonds is 1. The molecule has 0 radical (unpaired) electrons. The lowest BCUT2D eigenvalue weighted by atomic mass is 10.1. The van der Waals surface area contributed by atoms with Crippen LogP contribution in [0.25, 0.3) is 10.8 Å². The van der Waals surface area contributed by atoms with Crippen molar-refractivity contribution in [2.45, 2.75) is 13.0 Å². The summed E-state index contributed by atoms with van der Waals surface area (Å²) in [5.41, 5.74) is 0.740. The minimum Gasteiger partial charge on any atom is -0.375 e. The number of nitrogens with zero attached hydrogens (tertiary/aromatic N) is 1. The molecule has 2 aromatic rings. The van der Waals surface area contributed by atoms with Gasteiger partial charge in [-0.3, -0.25) is 4.79 Å². The van der Waals surface area contributed by atoms with Crippen LogP contribution in [0.3, 0.4) is 0 Å². The van der Waals surface area contributed by atoms with Crippen LogP contribution in [0.2, 0.25) is 0 Å². The molecule has 3 rings (SSSR count). The highest BCUT2D eigenvalue weighted by Crippen LogP contribution is 2.25. The van der Waals surface area contributed by atoms with Gasteiger partial charge in [-0.25, -0.2) is 0 Å². The number of hydrogen-bond acceptors (Lipinski definition) is 2. The van der Waals surface area contributed by atoms with Gasteiger partial charge in [-0.2, -0.15) is 0 Å². The fourth-order valence-electron chi connectivity index (χ4n) is 2.56. The quantitative estimate of drug-likeness (QED) is 0.799. The van der Waals surface area contributed by atoms with E-state index in [1.807, 2.05) is 48.2 Å². The van der Waals surface area contributed by atoms with E-state index in [9.17, 15) is 4.79 Å². The summed E-state index contributed by atoms with van der Waals surface area (Å²) in [6, 6.07) is 11.9. The molecule has 104 valence electrons. The molecule has 1 fully saturated rings. The molecule has 0 aliphatic carbocycles. The Morgan fingerprint density at radius 3 is 3.00 bits per heavy atom. The second-order valence-corrected chi connectivity index (χ2v) is 5.96. The molecule has 0 aromatic heterocycles. The van der Waals surface area contributed by atoms with Crippen molar-refractivity contribution in [2.75, 3.05) is 19.7 Å². The third-order valence-electron chi connectivity index (χ3n) is 3.60. The lowest BCUT2D eigenvalue weighted by molar-refractivity contribution is -0.0124. The maximum Gasteiger partial charge on any atom is 0.254 e. The molecule has 0 spiro atoms. The number of benzene rings is 2. The maximum atomic E-state index is 12.5. The van der Waals surface area contributed by atoms with Crippen molar-refractivity contribution in [3.63, 3.8) is 0 Å². The maximum absolute atomic E-state index is 12.5. The number of amides is 1. The molecule has 1 saturated heterocycles. The van der Waals surface area contributed by atoms with E-state index in [0.717, 1.165) is 20.8 Å². The van der Waals surface area contributed by atoms with Crippen LogP contribution in [0.15, 0.2) is 40.9 Å². The Labute approximate surface area is 126 Å². The zero-order chi connectivity index (χ0) is 14.1. The van der Waals surface area contributed by atoms with Gasteiger partial charge in [-0.15, -0.1) is 0 Å². The average Bonchev–Trinajstić information content (AvgIpc) is 2.46. The molecule has 1 aliphatic heterocycles. The van der Waals surface area contributed by atoms with Crippen molar-refractivity contribution < 1.29 is 9.53 Å². The van der Waals surface area contributed by atoms with Crippen molar-refractivity contribution in [1.82, 2.24) is 4.90 Å². The van der Waals surface area contributed by atoms with Crippen LogP contribution >= 0.6 is 15.9 Å². The van der Waals surface area contributed by atoms with Crippen molar-refractivity contribution in [3.8, 4) is 0 Å². The molecular formula is C16H16BrNO2. The number of morpholine rings is 1. The highest BCUT2D eigenvalue weighted by molar-refractivity contribution is 9.10. The molecule has 4 heteroatoms. The number of ether oxygens (including phenoxy) is 1. The normalized spacial score (nSPS) is 19.3. The third kappa shape index (κ3) is 2.58. The first-order valence-corrected chi connectivity index (χ1v) is 7.53. The van der Waals surface area contributed by atoms with E-state index in [-0.39, 0.29) is 12.0 Å². The molecule has 3 nitrogen and oxygen atoms in total. The largest absolute Gasteiger partial charge is 0.375 e. The number of carbonyl (C=O) groups is 1. The van der Waals surface area contributed by atoms with Gasteiger partial charge in [-0.1, -0.05) is 34.1 Å². The van der Waals surface area contributed by atoms with Gasteiger partial charge in [-0.05, 0) is 35.9 Å². The Morgan fingerprint density at radius 2 is 2.20 bits per heavy atom. The Morgan fingerprint density at radius 1 is 1.35 bits per heavy atom. The summed E-state index contributed by atoms with van der Waals surface area (Å²) in [5.74, 6) is 0.0852. The summed E-state index contributed by atoms with van der Waals surface area (Å²) >= 11 is 3.53. The Hall–Kier alpha value is -1.39. The summed E-state index contributed by atoms with van der Waals surface area (Å²) in [4.78, 5) is 14.4. The minimum absolute atomic E-state index is 0.0852.